The second kappa shape index (κ2) is 7.92. The van der Waals surface area contributed by atoms with E-state index in [9.17, 15) is 5.11 Å². The molecule has 1 atom stereocenters. The van der Waals surface area contributed by atoms with Gasteiger partial charge in [-0.3, -0.25) is 0 Å². The van der Waals surface area contributed by atoms with Gasteiger partial charge in [-0.15, -0.1) is 0 Å². The van der Waals surface area contributed by atoms with Gasteiger partial charge in [-0.2, -0.15) is 0 Å². The van der Waals surface area contributed by atoms with Crippen molar-refractivity contribution in [3.63, 3.8) is 0 Å². The molecule has 1 aliphatic rings. The molecular weight excluding hydrogens is 262 g/mol. The molecule has 0 radical (unpaired) electrons. The molecule has 0 aromatic heterocycles. The summed E-state index contributed by atoms with van der Waals surface area (Å²) in [5, 5.41) is 10.1. The molecule has 21 heavy (non-hydrogen) atoms. The van der Waals surface area contributed by atoms with Gasteiger partial charge in [0.15, 0.2) is 0 Å². The summed E-state index contributed by atoms with van der Waals surface area (Å²) in [4.78, 5) is 2.38. The van der Waals surface area contributed by atoms with Crippen LogP contribution in [0.1, 0.15) is 38.7 Å². The Morgan fingerprint density at radius 1 is 1.19 bits per heavy atom. The summed E-state index contributed by atoms with van der Waals surface area (Å²) >= 11 is 0. The zero-order chi connectivity index (χ0) is 15.1. The van der Waals surface area contributed by atoms with E-state index in [4.69, 9.17) is 4.74 Å². The molecule has 1 aromatic rings. The van der Waals surface area contributed by atoms with Crippen LogP contribution in [-0.4, -0.2) is 42.4 Å². The highest BCUT2D eigenvalue weighted by atomic mass is 16.5. The summed E-state index contributed by atoms with van der Waals surface area (Å²) in [5.41, 5.74) is 1.60. The van der Waals surface area contributed by atoms with E-state index in [2.05, 4.69) is 18.7 Å². The smallest absolute Gasteiger partial charge is 0.0900 e. The van der Waals surface area contributed by atoms with Crippen molar-refractivity contribution in [1.29, 1.82) is 0 Å². The number of hydrogen-bond acceptors (Lipinski definition) is 3. The van der Waals surface area contributed by atoms with Crippen molar-refractivity contribution in [2.24, 2.45) is 5.41 Å². The van der Waals surface area contributed by atoms with Gasteiger partial charge in [0.2, 0.25) is 0 Å². The van der Waals surface area contributed by atoms with Crippen LogP contribution in [0.2, 0.25) is 0 Å². The first kappa shape index (κ1) is 16.5. The molecule has 3 nitrogen and oxygen atoms in total. The topological polar surface area (TPSA) is 32.7 Å². The van der Waals surface area contributed by atoms with Crippen molar-refractivity contribution in [2.75, 3.05) is 26.2 Å². The number of likely N-dealkylation sites (tertiary alicyclic amines) is 1. The Morgan fingerprint density at radius 3 is 2.71 bits per heavy atom. The van der Waals surface area contributed by atoms with Crippen LogP contribution in [0.15, 0.2) is 30.3 Å². The highest BCUT2D eigenvalue weighted by molar-refractivity contribution is 5.13. The van der Waals surface area contributed by atoms with Crippen LogP contribution in [0.5, 0.6) is 0 Å². The first-order valence-electron chi connectivity index (χ1n) is 8.07. The van der Waals surface area contributed by atoms with Gasteiger partial charge in [-0.1, -0.05) is 44.2 Å². The van der Waals surface area contributed by atoms with Gasteiger partial charge >= 0.3 is 0 Å². The molecule has 1 saturated heterocycles. The lowest BCUT2D eigenvalue weighted by molar-refractivity contribution is 0.0101. The first-order chi connectivity index (χ1) is 10.1. The molecular formula is C18H29NO2. The van der Waals surface area contributed by atoms with Gasteiger partial charge in [0, 0.05) is 6.54 Å². The van der Waals surface area contributed by atoms with Crippen LogP contribution in [-0.2, 0) is 11.3 Å². The standard InChI is InChI=1S/C18H29NO2/c1-18(2)9-6-11-19(12-10-18)13-17(20)15-21-14-16-7-4-3-5-8-16/h3-5,7-8,17,20H,6,9-15H2,1-2H3. The number of ether oxygens (including phenoxy) is 1. The molecule has 3 heteroatoms. The number of aliphatic hydroxyl groups excluding tert-OH is 1. The van der Waals surface area contributed by atoms with Crippen molar-refractivity contribution in [1.82, 2.24) is 4.90 Å². The van der Waals surface area contributed by atoms with Crippen LogP contribution >= 0.6 is 0 Å². The Morgan fingerprint density at radius 2 is 1.95 bits per heavy atom. The lowest BCUT2D eigenvalue weighted by atomic mass is 9.85. The third-order valence-electron chi connectivity index (χ3n) is 4.32. The Kier molecular flexibility index (Phi) is 6.22. The van der Waals surface area contributed by atoms with Crippen molar-refractivity contribution in [3.05, 3.63) is 35.9 Å². The minimum atomic E-state index is -0.394. The summed E-state index contributed by atoms with van der Waals surface area (Å²) in [6.07, 6.45) is 3.33. The zero-order valence-electron chi connectivity index (χ0n) is 13.4. The fourth-order valence-electron chi connectivity index (χ4n) is 2.90. The van der Waals surface area contributed by atoms with Crippen LogP contribution in [0.25, 0.3) is 0 Å². The van der Waals surface area contributed by atoms with Gasteiger partial charge in [0.05, 0.1) is 19.3 Å². The molecule has 2 rings (SSSR count). The van der Waals surface area contributed by atoms with E-state index < -0.39 is 6.10 Å². The summed E-state index contributed by atoms with van der Waals surface area (Å²) < 4.78 is 5.62. The van der Waals surface area contributed by atoms with E-state index in [-0.39, 0.29) is 0 Å². The molecule has 1 aliphatic heterocycles. The Hall–Kier alpha value is -0.900. The highest BCUT2D eigenvalue weighted by Crippen LogP contribution is 2.29. The van der Waals surface area contributed by atoms with Gasteiger partial charge in [0.25, 0.3) is 0 Å². The fourth-order valence-corrected chi connectivity index (χ4v) is 2.90. The highest BCUT2D eigenvalue weighted by Gasteiger charge is 2.23. The second-order valence-corrected chi connectivity index (χ2v) is 6.97. The summed E-state index contributed by atoms with van der Waals surface area (Å²) in [6, 6.07) is 10.1. The molecule has 1 fully saturated rings. The predicted octanol–water partition coefficient (Wildman–Crippen LogP) is 3.08. The molecule has 118 valence electrons. The maximum atomic E-state index is 10.1. The van der Waals surface area contributed by atoms with E-state index in [0.717, 1.165) is 25.2 Å². The lowest BCUT2D eigenvalue weighted by Crippen LogP contribution is -2.35. The number of benzene rings is 1. The Balaban J connectivity index is 1.66. The van der Waals surface area contributed by atoms with Crippen LogP contribution in [0.4, 0.5) is 0 Å². The quantitative estimate of drug-likeness (QED) is 0.874. The number of rotatable bonds is 6. The maximum Gasteiger partial charge on any atom is 0.0900 e. The monoisotopic (exact) mass is 291 g/mol. The van der Waals surface area contributed by atoms with E-state index >= 15 is 0 Å². The lowest BCUT2D eigenvalue weighted by Gasteiger charge is -2.25. The normalized spacial score (nSPS) is 20.9. The number of aliphatic hydroxyl groups is 1. The Bertz CT molecular complexity index is 405. The summed E-state index contributed by atoms with van der Waals surface area (Å²) in [7, 11) is 0. The summed E-state index contributed by atoms with van der Waals surface area (Å²) in [5.74, 6) is 0. The molecule has 0 saturated carbocycles. The predicted molar refractivity (Wildman–Crippen MR) is 86.2 cm³/mol. The minimum Gasteiger partial charge on any atom is -0.389 e. The Labute approximate surface area is 128 Å². The number of nitrogens with zero attached hydrogens (tertiary/aromatic N) is 1. The van der Waals surface area contributed by atoms with Crippen molar-refractivity contribution in [3.8, 4) is 0 Å². The summed E-state index contributed by atoms with van der Waals surface area (Å²) in [6.45, 7) is 8.58. The molecule has 0 bridgehead atoms. The number of β-amino-alcohol motifs (C(OH)–C–C–N with tert-alkyl or cyclic N) is 1. The van der Waals surface area contributed by atoms with E-state index in [0.29, 0.717) is 18.6 Å². The van der Waals surface area contributed by atoms with Gasteiger partial charge in [-0.25, -0.2) is 0 Å². The van der Waals surface area contributed by atoms with Crippen molar-refractivity contribution < 1.29 is 9.84 Å². The molecule has 1 unspecified atom stereocenters. The van der Waals surface area contributed by atoms with E-state index in [1.54, 1.807) is 0 Å². The number of hydrogen-bond donors (Lipinski definition) is 1. The fraction of sp³-hybridized carbons (Fsp3) is 0.667. The average Bonchev–Trinajstić information content (AvgIpc) is 2.61. The second-order valence-electron chi connectivity index (χ2n) is 6.97. The minimum absolute atomic E-state index is 0.394. The SMILES string of the molecule is CC1(C)CCCN(CC(O)COCc2ccccc2)CC1. The molecule has 1 heterocycles. The van der Waals surface area contributed by atoms with Crippen LogP contribution in [0, 0.1) is 5.41 Å². The first-order valence-corrected chi connectivity index (χ1v) is 8.07. The largest absolute Gasteiger partial charge is 0.389 e. The van der Waals surface area contributed by atoms with E-state index in [1.807, 2.05) is 30.3 Å². The van der Waals surface area contributed by atoms with Crippen LogP contribution < -0.4 is 0 Å². The third kappa shape index (κ3) is 6.16. The molecule has 0 aliphatic carbocycles. The van der Waals surface area contributed by atoms with Gasteiger partial charge in [-0.05, 0) is 43.3 Å². The van der Waals surface area contributed by atoms with Gasteiger partial charge in [0.1, 0.15) is 0 Å². The van der Waals surface area contributed by atoms with E-state index in [1.165, 1.54) is 19.3 Å². The van der Waals surface area contributed by atoms with Gasteiger partial charge < -0.3 is 14.7 Å². The van der Waals surface area contributed by atoms with Crippen molar-refractivity contribution in [2.45, 2.75) is 45.8 Å². The zero-order valence-corrected chi connectivity index (χ0v) is 13.4. The van der Waals surface area contributed by atoms with Crippen molar-refractivity contribution >= 4 is 0 Å². The maximum absolute atomic E-state index is 10.1. The third-order valence-corrected chi connectivity index (χ3v) is 4.32. The molecule has 0 amide bonds. The molecule has 1 aromatic carbocycles. The van der Waals surface area contributed by atoms with Crippen LogP contribution in [0.3, 0.4) is 0 Å². The molecule has 1 N–H and O–H groups in total. The average molecular weight is 291 g/mol. The molecule has 0 spiro atoms.